The van der Waals surface area contributed by atoms with E-state index in [2.05, 4.69) is 15.3 Å². The lowest BCUT2D eigenvalue weighted by molar-refractivity contribution is 0.0943. The van der Waals surface area contributed by atoms with Gasteiger partial charge in [-0.1, -0.05) is 0 Å². The Hall–Kier alpha value is -2.77. The molecule has 0 radical (unpaired) electrons. The standard InChI is InChI=1S/C17H20FN5O2/c1-22-6-2-3-14(16(22)25)15(24)19-9-12-4-7-23(8-5-12)17-20-10-13(18)11-21-17/h2-3,6,10-12H,4-5,7-9H2,1H3,(H,19,24). The molecule has 0 unspecified atom stereocenters. The minimum Gasteiger partial charge on any atom is -0.352 e. The van der Waals surface area contributed by atoms with Crippen molar-refractivity contribution in [2.75, 3.05) is 24.5 Å². The van der Waals surface area contributed by atoms with Gasteiger partial charge in [-0.2, -0.15) is 0 Å². The van der Waals surface area contributed by atoms with Gasteiger partial charge in [-0.3, -0.25) is 9.59 Å². The van der Waals surface area contributed by atoms with Crippen molar-refractivity contribution in [1.82, 2.24) is 19.9 Å². The molecule has 25 heavy (non-hydrogen) atoms. The van der Waals surface area contributed by atoms with Crippen LogP contribution in [0, 0.1) is 11.7 Å². The Morgan fingerprint density at radius 2 is 2.00 bits per heavy atom. The third-order valence-electron chi connectivity index (χ3n) is 4.42. The Morgan fingerprint density at radius 3 is 2.68 bits per heavy atom. The van der Waals surface area contributed by atoms with Gasteiger partial charge in [-0.05, 0) is 30.9 Å². The molecule has 8 heteroatoms. The fourth-order valence-electron chi connectivity index (χ4n) is 2.91. The number of hydrogen-bond donors (Lipinski definition) is 1. The number of carbonyl (C=O) groups excluding carboxylic acids is 1. The number of aromatic nitrogens is 3. The topological polar surface area (TPSA) is 80.1 Å². The highest BCUT2D eigenvalue weighted by atomic mass is 19.1. The minimum absolute atomic E-state index is 0.155. The number of aryl methyl sites for hydroxylation is 1. The highest BCUT2D eigenvalue weighted by molar-refractivity contribution is 5.93. The van der Waals surface area contributed by atoms with E-state index in [9.17, 15) is 14.0 Å². The van der Waals surface area contributed by atoms with Gasteiger partial charge < -0.3 is 14.8 Å². The first-order valence-corrected chi connectivity index (χ1v) is 8.21. The molecule has 0 atom stereocenters. The number of anilines is 1. The molecule has 1 saturated heterocycles. The van der Waals surface area contributed by atoms with Gasteiger partial charge in [0.05, 0.1) is 12.4 Å². The zero-order valence-electron chi connectivity index (χ0n) is 14.0. The van der Waals surface area contributed by atoms with Crippen LogP contribution in [0.2, 0.25) is 0 Å². The van der Waals surface area contributed by atoms with Crippen molar-refractivity contribution in [1.29, 1.82) is 0 Å². The van der Waals surface area contributed by atoms with E-state index in [0.717, 1.165) is 38.3 Å². The molecule has 0 aromatic carbocycles. The van der Waals surface area contributed by atoms with E-state index in [1.807, 2.05) is 4.90 Å². The fourth-order valence-corrected chi connectivity index (χ4v) is 2.91. The molecule has 0 bridgehead atoms. The fraction of sp³-hybridized carbons (Fsp3) is 0.412. The molecular formula is C17H20FN5O2. The van der Waals surface area contributed by atoms with Crippen LogP contribution in [0.3, 0.4) is 0 Å². The lowest BCUT2D eigenvalue weighted by atomic mass is 9.97. The van der Waals surface area contributed by atoms with Gasteiger partial charge in [-0.25, -0.2) is 14.4 Å². The second-order valence-corrected chi connectivity index (χ2v) is 6.18. The van der Waals surface area contributed by atoms with E-state index in [1.54, 1.807) is 19.3 Å². The quantitative estimate of drug-likeness (QED) is 0.893. The summed E-state index contributed by atoms with van der Waals surface area (Å²) in [6, 6.07) is 3.21. The molecule has 2 aromatic heterocycles. The van der Waals surface area contributed by atoms with Gasteiger partial charge in [0.25, 0.3) is 11.5 Å². The molecule has 132 valence electrons. The highest BCUT2D eigenvalue weighted by Crippen LogP contribution is 2.19. The molecule has 7 nitrogen and oxygen atoms in total. The van der Waals surface area contributed by atoms with Crippen LogP contribution < -0.4 is 15.8 Å². The number of halogens is 1. The average molecular weight is 345 g/mol. The summed E-state index contributed by atoms with van der Waals surface area (Å²) in [6.07, 6.45) is 5.68. The summed E-state index contributed by atoms with van der Waals surface area (Å²) in [5, 5.41) is 2.85. The zero-order valence-corrected chi connectivity index (χ0v) is 14.0. The summed E-state index contributed by atoms with van der Waals surface area (Å²) < 4.78 is 14.3. The maximum Gasteiger partial charge on any atom is 0.263 e. The Kier molecular flexibility index (Phi) is 5.06. The Balaban J connectivity index is 1.51. The van der Waals surface area contributed by atoms with Crippen molar-refractivity contribution < 1.29 is 9.18 Å². The largest absolute Gasteiger partial charge is 0.352 e. The van der Waals surface area contributed by atoms with Gasteiger partial charge in [-0.15, -0.1) is 0 Å². The summed E-state index contributed by atoms with van der Waals surface area (Å²) in [7, 11) is 1.62. The lowest BCUT2D eigenvalue weighted by Gasteiger charge is -2.31. The van der Waals surface area contributed by atoms with Gasteiger partial charge in [0.15, 0.2) is 5.82 Å². The molecule has 2 aromatic rings. The van der Waals surface area contributed by atoms with E-state index in [0.29, 0.717) is 18.4 Å². The molecule has 1 aliphatic heterocycles. The first-order valence-electron chi connectivity index (χ1n) is 8.21. The number of piperidine rings is 1. The first kappa shape index (κ1) is 17.1. The third-order valence-corrected chi connectivity index (χ3v) is 4.42. The van der Waals surface area contributed by atoms with Crippen LogP contribution in [0.1, 0.15) is 23.2 Å². The Morgan fingerprint density at radius 1 is 1.32 bits per heavy atom. The van der Waals surface area contributed by atoms with Crippen molar-refractivity contribution >= 4 is 11.9 Å². The maximum atomic E-state index is 12.9. The van der Waals surface area contributed by atoms with Crippen molar-refractivity contribution in [3.05, 3.63) is 52.5 Å². The van der Waals surface area contributed by atoms with Crippen molar-refractivity contribution in [3.8, 4) is 0 Å². The van der Waals surface area contributed by atoms with Crippen LogP contribution >= 0.6 is 0 Å². The number of nitrogens with zero attached hydrogens (tertiary/aromatic N) is 4. The van der Waals surface area contributed by atoms with Crippen molar-refractivity contribution in [2.24, 2.45) is 13.0 Å². The van der Waals surface area contributed by atoms with Crippen molar-refractivity contribution in [2.45, 2.75) is 12.8 Å². The molecular weight excluding hydrogens is 325 g/mol. The number of carbonyl (C=O) groups is 1. The second-order valence-electron chi connectivity index (χ2n) is 6.18. The van der Waals surface area contributed by atoms with Crippen molar-refractivity contribution in [3.63, 3.8) is 0 Å². The summed E-state index contributed by atoms with van der Waals surface area (Å²) >= 11 is 0. The monoisotopic (exact) mass is 345 g/mol. The van der Waals surface area contributed by atoms with E-state index in [-0.39, 0.29) is 17.0 Å². The number of pyridine rings is 1. The van der Waals surface area contributed by atoms with E-state index < -0.39 is 5.82 Å². The van der Waals surface area contributed by atoms with E-state index in [4.69, 9.17) is 0 Å². The number of nitrogens with one attached hydrogen (secondary N) is 1. The van der Waals surface area contributed by atoms with Crippen LogP contribution in [0.5, 0.6) is 0 Å². The van der Waals surface area contributed by atoms with Gasteiger partial charge in [0.2, 0.25) is 5.95 Å². The van der Waals surface area contributed by atoms with Crippen LogP contribution in [-0.2, 0) is 7.05 Å². The molecule has 0 aliphatic carbocycles. The molecule has 1 amide bonds. The molecule has 0 saturated carbocycles. The molecule has 1 aliphatic rings. The van der Waals surface area contributed by atoms with Gasteiger partial charge in [0, 0.05) is 32.9 Å². The lowest BCUT2D eigenvalue weighted by Crippen LogP contribution is -2.40. The van der Waals surface area contributed by atoms with Crippen LogP contribution in [-0.4, -0.2) is 40.1 Å². The molecule has 0 spiro atoms. The summed E-state index contributed by atoms with van der Waals surface area (Å²) in [5.74, 6) is 0.0591. The second kappa shape index (κ2) is 7.42. The molecule has 3 heterocycles. The van der Waals surface area contributed by atoms with Gasteiger partial charge in [0.1, 0.15) is 5.56 Å². The Bertz CT molecular complexity index is 797. The minimum atomic E-state index is -0.451. The number of rotatable bonds is 4. The summed E-state index contributed by atoms with van der Waals surface area (Å²) in [6.45, 7) is 2.02. The average Bonchev–Trinajstić information content (AvgIpc) is 2.63. The predicted octanol–water partition coefficient (Wildman–Crippen LogP) is 0.961. The van der Waals surface area contributed by atoms with Crippen LogP contribution in [0.25, 0.3) is 0 Å². The Labute approximate surface area is 144 Å². The predicted molar refractivity (Wildman–Crippen MR) is 90.9 cm³/mol. The smallest absolute Gasteiger partial charge is 0.263 e. The number of hydrogen-bond acceptors (Lipinski definition) is 5. The number of amides is 1. The first-order chi connectivity index (χ1) is 12.0. The third kappa shape index (κ3) is 4.01. The van der Waals surface area contributed by atoms with Crippen LogP contribution in [0.4, 0.5) is 10.3 Å². The normalized spacial score (nSPS) is 15.2. The van der Waals surface area contributed by atoms with Crippen LogP contribution in [0.15, 0.2) is 35.5 Å². The van der Waals surface area contributed by atoms with E-state index >= 15 is 0 Å². The zero-order chi connectivity index (χ0) is 17.8. The molecule has 1 N–H and O–H groups in total. The summed E-state index contributed by atoms with van der Waals surface area (Å²) in [5.41, 5.74) is -0.148. The van der Waals surface area contributed by atoms with Gasteiger partial charge >= 0.3 is 0 Å². The SMILES string of the molecule is Cn1cccc(C(=O)NCC2CCN(c3ncc(F)cn3)CC2)c1=O. The summed E-state index contributed by atoms with van der Waals surface area (Å²) in [4.78, 5) is 34.1. The van der Waals surface area contributed by atoms with E-state index in [1.165, 1.54) is 10.6 Å². The molecule has 3 rings (SSSR count). The molecule has 1 fully saturated rings. The highest BCUT2D eigenvalue weighted by Gasteiger charge is 2.22. The maximum absolute atomic E-state index is 12.9.